The van der Waals surface area contributed by atoms with Gasteiger partial charge in [0.1, 0.15) is 10.8 Å². The van der Waals surface area contributed by atoms with Crippen molar-refractivity contribution in [2.75, 3.05) is 0 Å². The average molecular weight is 298 g/mol. The summed E-state index contributed by atoms with van der Waals surface area (Å²) in [7, 11) is 0. The van der Waals surface area contributed by atoms with Crippen molar-refractivity contribution in [3.8, 4) is 0 Å². The molecule has 5 heteroatoms. The molecule has 0 N–H and O–H groups in total. The van der Waals surface area contributed by atoms with E-state index in [-0.39, 0.29) is 6.42 Å². The molecule has 106 valence electrons. The number of aromatic nitrogens is 1. The Hall–Kier alpha value is -2.40. The first-order chi connectivity index (χ1) is 10.2. The van der Waals surface area contributed by atoms with Gasteiger partial charge in [-0.15, -0.1) is 11.3 Å². The van der Waals surface area contributed by atoms with Crippen LogP contribution in [-0.4, -0.2) is 11.0 Å². The minimum absolute atomic E-state index is 0.0392. The average Bonchev–Trinajstić information content (AvgIpc) is 3.11. The number of carbonyl (C=O) groups is 1. The van der Waals surface area contributed by atoms with Gasteiger partial charge >= 0.3 is 0 Å². The zero-order valence-electron chi connectivity index (χ0n) is 11.1. The number of para-hydroxylation sites is 1. The summed E-state index contributed by atoms with van der Waals surface area (Å²) in [4.78, 5) is 15.3. The largest absolute Gasteiger partial charge is 0.550 e. The Morgan fingerprint density at radius 2 is 2.10 bits per heavy atom. The second-order valence-electron chi connectivity index (χ2n) is 4.54. The van der Waals surface area contributed by atoms with Crippen molar-refractivity contribution >= 4 is 39.2 Å². The first-order valence-electron chi connectivity index (χ1n) is 6.52. The third kappa shape index (κ3) is 3.20. The molecule has 2 heterocycles. The van der Waals surface area contributed by atoms with Crippen LogP contribution in [0.15, 0.2) is 47.1 Å². The van der Waals surface area contributed by atoms with Crippen molar-refractivity contribution < 1.29 is 14.3 Å². The van der Waals surface area contributed by atoms with E-state index in [9.17, 15) is 9.90 Å². The molecule has 1 aromatic carbocycles. The number of carbonyl (C=O) groups excluding carboxylic acids is 1. The molecule has 0 saturated carbocycles. The number of nitrogens with zero attached hydrogens (tertiary/aromatic N) is 1. The molecule has 0 radical (unpaired) electrons. The topological polar surface area (TPSA) is 66.2 Å². The fourth-order valence-corrected chi connectivity index (χ4v) is 3.04. The summed E-state index contributed by atoms with van der Waals surface area (Å²) in [5.74, 6) is -0.385. The quantitative estimate of drug-likeness (QED) is 0.726. The lowest BCUT2D eigenvalue weighted by atomic mass is 10.1. The Bertz CT molecular complexity index is 754. The first kappa shape index (κ1) is 13.6. The molecule has 0 atom stereocenters. The van der Waals surface area contributed by atoms with Crippen LogP contribution >= 0.6 is 11.3 Å². The number of rotatable bonds is 5. The zero-order chi connectivity index (χ0) is 14.7. The Balaban J connectivity index is 1.99. The SMILES string of the molecule is O=C([O-])CC/C(=C\c1ccco1)c1nc2ccccc2s1. The predicted molar refractivity (Wildman–Crippen MR) is 80.4 cm³/mol. The number of hydrogen-bond donors (Lipinski definition) is 0. The summed E-state index contributed by atoms with van der Waals surface area (Å²) in [6, 6.07) is 11.5. The molecule has 0 aliphatic rings. The minimum Gasteiger partial charge on any atom is -0.550 e. The number of furan rings is 1. The fraction of sp³-hybridized carbons (Fsp3) is 0.125. The van der Waals surface area contributed by atoms with E-state index >= 15 is 0 Å². The third-order valence-corrected chi connectivity index (χ3v) is 4.14. The van der Waals surface area contributed by atoms with Crippen molar-refractivity contribution in [3.63, 3.8) is 0 Å². The molecule has 0 aliphatic carbocycles. The lowest BCUT2D eigenvalue weighted by molar-refractivity contribution is -0.305. The van der Waals surface area contributed by atoms with Crippen molar-refractivity contribution in [1.29, 1.82) is 0 Å². The second-order valence-corrected chi connectivity index (χ2v) is 5.57. The van der Waals surface area contributed by atoms with Gasteiger partial charge in [0, 0.05) is 5.97 Å². The van der Waals surface area contributed by atoms with E-state index in [1.807, 2.05) is 36.4 Å². The van der Waals surface area contributed by atoms with E-state index < -0.39 is 5.97 Å². The zero-order valence-corrected chi connectivity index (χ0v) is 11.9. The number of carboxylic acid groups (broad SMARTS) is 1. The Morgan fingerprint density at radius 1 is 1.24 bits per heavy atom. The van der Waals surface area contributed by atoms with Gasteiger partial charge in [-0.25, -0.2) is 4.98 Å². The molecule has 2 aromatic heterocycles. The first-order valence-corrected chi connectivity index (χ1v) is 7.34. The van der Waals surface area contributed by atoms with E-state index in [1.54, 1.807) is 23.7 Å². The number of allylic oxidation sites excluding steroid dienone is 1. The number of benzene rings is 1. The van der Waals surface area contributed by atoms with Crippen LogP contribution in [-0.2, 0) is 4.79 Å². The maximum absolute atomic E-state index is 10.7. The van der Waals surface area contributed by atoms with Gasteiger partial charge < -0.3 is 14.3 Å². The van der Waals surface area contributed by atoms with Crippen molar-refractivity contribution in [2.24, 2.45) is 0 Å². The van der Waals surface area contributed by atoms with Gasteiger partial charge in [0.25, 0.3) is 0 Å². The van der Waals surface area contributed by atoms with Crippen molar-refractivity contribution in [3.05, 3.63) is 53.4 Å². The normalized spacial score (nSPS) is 11.9. The molecule has 0 fully saturated rings. The van der Waals surface area contributed by atoms with Crippen LogP contribution < -0.4 is 5.11 Å². The maximum atomic E-state index is 10.7. The number of thiazole rings is 1. The molecule has 0 aliphatic heterocycles. The van der Waals surface area contributed by atoms with Crippen LogP contribution in [0.5, 0.6) is 0 Å². The second kappa shape index (κ2) is 5.93. The van der Waals surface area contributed by atoms with E-state index in [0.717, 1.165) is 20.8 Å². The summed E-state index contributed by atoms with van der Waals surface area (Å²) in [5, 5.41) is 11.5. The molecule has 0 unspecified atom stereocenters. The standard InChI is InChI=1S/C16H13NO3S/c18-15(19)8-7-11(10-12-4-3-9-20-12)16-17-13-5-1-2-6-14(13)21-16/h1-6,9-10H,7-8H2,(H,18,19)/p-1/b11-10+. The highest BCUT2D eigenvalue weighted by Crippen LogP contribution is 2.30. The smallest absolute Gasteiger partial charge is 0.127 e. The van der Waals surface area contributed by atoms with Crippen molar-refractivity contribution in [1.82, 2.24) is 4.98 Å². The number of fused-ring (bicyclic) bond motifs is 1. The van der Waals surface area contributed by atoms with E-state index in [4.69, 9.17) is 4.42 Å². The van der Waals surface area contributed by atoms with Gasteiger partial charge in [-0.2, -0.15) is 0 Å². The highest BCUT2D eigenvalue weighted by molar-refractivity contribution is 7.19. The molecule has 0 saturated heterocycles. The number of hydrogen-bond acceptors (Lipinski definition) is 5. The van der Waals surface area contributed by atoms with Gasteiger partial charge in [0.2, 0.25) is 0 Å². The molecule has 21 heavy (non-hydrogen) atoms. The van der Waals surface area contributed by atoms with Crippen LogP contribution in [0, 0.1) is 0 Å². The lowest BCUT2D eigenvalue weighted by Gasteiger charge is -2.04. The molecule has 0 amide bonds. The maximum Gasteiger partial charge on any atom is 0.127 e. The van der Waals surface area contributed by atoms with E-state index in [0.29, 0.717) is 12.2 Å². The molecular weight excluding hydrogens is 286 g/mol. The Labute approximate surface area is 125 Å². The summed E-state index contributed by atoms with van der Waals surface area (Å²) in [6.45, 7) is 0. The predicted octanol–water partition coefficient (Wildman–Crippen LogP) is 2.96. The monoisotopic (exact) mass is 298 g/mol. The number of aliphatic carboxylic acids is 1. The molecule has 0 bridgehead atoms. The van der Waals surface area contributed by atoms with Crippen molar-refractivity contribution in [2.45, 2.75) is 12.8 Å². The summed E-state index contributed by atoms with van der Waals surface area (Å²) in [6.07, 6.45) is 3.74. The van der Waals surface area contributed by atoms with Crippen LogP contribution in [0.1, 0.15) is 23.6 Å². The molecular formula is C16H12NO3S-. The molecule has 4 nitrogen and oxygen atoms in total. The van der Waals surface area contributed by atoms with Gasteiger partial charge in [0.15, 0.2) is 0 Å². The summed E-state index contributed by atoms with van der Waals surface area (Å²) in [5.41, 5.74) is 1.76. The van der Waals surface area contributed by atoms with Gasteiger partial charge in [0.05, 0.1) is 16.5 Å². The number of carboxylic acids is 1. The minimum atomic E-state index is -1.07. The summed E-state index contributed by atoms with van der Waals surface area (Å²) < 4.78 is 6.38. The van der Waals surface area contributed by atoms with Crippen LogP contribution in [0.2, 0.25) is 0 Å². The van der Waals surface area contributed by atoms with Gasteiger partial charge in [-0.3, -0.25) is 0 Å². The van der Waals surface area contributed by atoms with Gasteiger partial charge in [-0.1, -0.05) is 12.1 Å². The highest BCUT2D eigenvalue weighted by Gasteiger charge is 2.10. The van der Waals surface area contributed by atoms with Gasteiger partial charge in [-0.05, 0) is 48.8 Å². The summed E-state index contributed by atoms with van der Waals surface area (Å²) >= 11 is 1.54. The van der Waals surface area contributed by atoms with E-state index in [2.05, 4.69) is 4.98 Å². The highest BCUT2D eigenvalue weighted by atomic mass is 32.1. The van der Waals surface area contributed by atoms with Crippen LogP contribution in [0.3, 0.4) is 0 Å². The Morgan fingerprint density at radius 3 is 2.81 bits per heavy atom. The molecule has 3 aromatic rings. The van der Waals surface area contributed by atoms with E-state index in [1.165, 1.54) is 0 Å². The third-order valence-electron chi connectivity index (χ3n) is 3.03. The Kier molecular flexibility index (Phi) is 3.83. The molecule has 0 spiro atoms. The fourth-order valence-electron chi connectivity index (χ4n) is 2.03. The molecule has 3 rings (SSSR count). The van der Waals surface area contributed by atoms with Crippen LogP contribution in [0.25, 0.3) is 21.9 Å². The lowest BCUT2D eigenvalue weighted by Crippen LogP contribution is -2.21. The van der Waals surface area contributed by atoms with Crippen LogP contribution in [0.4, 0.5) is 0 Å².